The maximum Gasteiger partial charge on any atom is 0.356 e. The number of carbonyl (C=O) groups is 1. The fraction of sp³-hybridized carbons (Fsp3) is 0. The first-order chi connectivity index (χ1) is 9.65. The van der Waals surface area contributed by atoms with E-state index in [0.717, 1.165) is 4.88 Å². The van der Waals surface area contributed by atoms with Gasteiger partial charge in [0, 0.05) is 6.07 Å². The maximum absolute atomic E-state index is 13.3. The highest BCUT2D eigenvalue weighted by Crippen LogP contribution is 2.28. The summed E-state index contributed by atoms with van der Waals surface area (Å²) < 4.78 is 14.8. The van der Waals surface area contributed by atoms with Gasteiger partial charge in [0.25, 0.3) is 0 Å². The van der Waals surface area contributed by atoms with Gasteiger partial charge in [-0.15, -0.1) is 11.3 Å². The average molecular weight is 288 g/mol. The predicted molar refractivity (Wildman–Crippen MR) is 73.8 cm³/mol. The van der Waals surface area contributed by atoms with Crippen molar-refractivity contribution in [3.8, 4) is 16.3 Å². The molecule has 0 fully saturated rings. The van der Waals surface area contributed by atoms with Gasteiger partial charge in [0.2, 0.25) is 0 Å². The summed E-state index contributed by atoms with van der Waals surface area (Å²) in [4.78, 5) is 12.0. The van der Waals surface area contributed by atoms with Crippen molar-refractivity contribution < 1.29 is 14.3 Å². The van der Waals surface area contributed by atoms with Crippen LogP contribution in [0.2, 0.25) is 0 Å². The average Bonchev–Trinajstić information content (AvgIpc) is 3.07. The molecule has 0 aliphatic rings. The molecule has 100 valence electrons. The van der Waals surface area contributed by atoms with Crippen molar-refractivity contribution in [3.63, 3.8) is 0 Å². The number of halogens is 1. The minimum atomic E-state index is -1.11. The molecule has 0 bridgehead atoms. The number of carboxylic acids is 1. The Kier molecular flexibility index (Phi) is 3.08. The van der Waals surface area contributed by atoms with Gasteiger partial charge in [0.05, 0.1) is 16.3 Å². The van der Waals surface area contributed by atoms with Crippen LogP contribution >= 0.6 is 11.3 Å². The quantitative estimate of drug-likeness (QED) is 0.803. The minimum Gasteiger partial charge on any atom is -0.476 e. The summed E-state index contributed by atoms with van der Waals surface area (Å²) in [5.74, 6) is -1.51. The molecule has 3 aromatic rings. The van der Waals surface area contributed by atoms with E-state index in [-0.39, 0.29) is 5.69 Å². The van der Waals surface area contributed by atoms with Gasteiger partial charge in [-0.1, -0.05) is 12.1 Å². The molecule has 1 N–H and O–H groups in total. The summed E-state index contributed by atoms with van der Waals surface area (Å²) in [7, 11) is 0. The molecule has 0 aliphatic heterocycles. The van der Waals surface area contributed by atoms with Crippen LogP contribution in [-0.2, 0) is 0 Å². The van der Waals surface area contributed by atoms with Crippen molar-refractivity contribution in [2.24, 2.45) is 0 Å². The molecule has 3 rings (SSSR count). The monoisotopic (exact) mass is 288 g/mol. The van der Waals surface area contributed by atoms with Crippen LogP contribution in [0.1, 0.15) is 10.5 Å². The van der Waals surface area contributed by atoms with E-state index in [1.807, 2.05) is 17.5 Å². The first-order valence-electron chi connectivity index (χ1n) is 5.78. The molecule has 0 saturated carbocycles. The third-order valence-corrected chi connectivity index (χ3v) is 3.65. The van der Waals surface area contributed by atoms with Gasteiger partial charge in [-0.05, 0) is 29.6 Å². The van der Waals surface area contributed by atoms with E-state index in [1.54, 1.807) is 12.1 Å². The molecular formula is C14H9FN2O2S. The summed E-state index contributed by atoms with van der Waals surface area (Å²) in [6.07, 6.45) is 0. The van der Waals surface area contributed by atoms with Crippen molar-refractivity contribution in [1.29, 1.82) is 0 Å². The first-order valence-corrected chi connectivity index (χ1v) is 6.66. The van der Waals surface area contributed by atoms with Crippen molar-refractivity contribution in [1.82, 2.24) is 9.78 Å². The lowest BCUT2D eigenvalue weighted by Gasteiger charge is -2.05. The number of benzene rings is 1. The second-order valence-corrected chi connectivity index (χ2v) is 5.04. The number of rotatable bonds is 3. The Labute approximate surface area is 117 Å². The molecule has 2 aromatic heterocycles. The van der Waals surface area contributed by atoms with E-state index in [2.05, 4.69) is 5.10 Å². The minimum absolute atomic E-state index is 0.0716. The Bertz CT molecular complexity index is 765. The van der Waals surface area contributed by atoms with Gasteiger partial charge < -0.3 is 5.11 Å². The van der Waals surface area contributed by atoms with E-state index in [1.165, 1.54) is 34.2 Å². The Hall–Kier alpha value is -2.47. The van der Waals surface area contributed by atoms with Crippen LogP contribution in [-0.4, -0.2) is 20.9 Å². The topological polar surface area (TPSA) is 55.1 Å². The second kappa shape index (κ2) is 4.90. The molecule has 0 unspecified atom stereocenters. The molecule has 6 heteroatoms. The number of hydrogen-bond acceptors (Lipinski definition) is 3. The summed E-state index contributed by atoms with van der Waals surface area (Å²) in [6, 6.07) is 11.1. The van der Waals surface area contributed by atoms with Gasteiger partial charge in [-0.25, -0.2) is 13.9 Å². The smallest absolute Gasteiger partial charge is 0.356 e. The lowest BCUT2D eigenvalue weighted by atomic mass is 10.2. The zero-order chi connectivity index (χ0) is 14.1. The summed E-state index contributed by atoms with van der Waals surface area (Å²) in [6.45, 7) is 0. The van der Waals surface area contributed by atoms with Gasteiger partial charge in [-0.3, -0.25) is 0 Å². The highest BCUT2D eigenvalue weighted by atomic mass is 32.1. The van der Waals surface area contributed by atoms with Crippen LogP contribution in [0.3, 0.4) is 0 Å². The molecule has 0 saturated heterocycles. The SMILES string of the molecule is O=C(O)c1cc(-c2cccs2)n(-c2cccc(F)c2)n1. The molecule has 0 amide bonds. The van der Waals surface area contributed by atoms with Gasteiger partial charge in [-0.2, -0.15) is 5.10 Å². The van der Waals surface area contributed by atoms with Crippen LogP contribution in [0, 0.1) is 5.82 Å². The summed E-state index contributed by atoms with van der Waals surface area (Å²) in [5.41, 5.74) is 1.04. The molecule has 2 heterocycles. The lowest BCUT2D eigenvalue weighted by molar-refractivity contribution is 0.0690. The number of hydrogen-bond donors (Lipinski definition) is 1. The standard InChI is InChI=1S/C14H9FN2O2S/c15-9-3-1-4-10(7-9)17-12(13-5-2-6-20-13)8-11(16-17)14(18)19/h1-8H,(H,18,19). The largest absolute Gasteiger partial charge is 0.476 e. The van der Waals surface area contributed by atoms with Crippen molar-refractivity contribution in [3.05, 3.63) is 59.4 Å². The molecule has 0 radical (unpaired) electrons. The molecular weight excluding hydrogens is 279 g/mol. The van der Waals surface area contributed by atoms with Crippen molar-refractivity contribution in [2.75, 3.05) is 0 Å². The Morgan fingerprint density at radius 2 is 2.10 bits per heavy atom. The zero-order valence-electron chi connectivity index (χ0n) is 10.2. The second-order valence-electron chi connectivity index (χ2n) is 4.09. The van der Waals surface area contributed by atoms with Crippen LogP contribution in [0.4, 0.5) is 4.39 Å². The first kappa shape index (κ1) is 12.6. The number of aromatic nitrogens is 2. The number of aromatic carboxylic acids is 1. The fourth-order valence-electron chi connectivity index (χ4n) is 1.89. The molecule has 0 aliphatic carbocycles. The molecule has 20 heavy (non-hydrogen) atoms. The number of nitrogens with zero attached hydrogens (tertiary/aromatic N) is 2. The van der Waals surface area contributed by atoms with E-state index in [4.69, 9.17) is 5.11 Å². The molecule has 0 atom stereocenters. The van der Waals surface area contributed by atoms with Crippen LogP contribution in [0.25, 0.3) is 16.3 Å². The molecule has 1 aromatic carbocycles. The van der Waals surface area contributed by atoms with E-state index in [0.29, 0.717) is 11.4 Å². The van der Waals surface area contributed by atoms with Gasteiger partial charge in [0.1, 0.15) is 5.82 Å². The van der Waals surface area contributed by atoms with E-state index < -0.39 is 11.8 Å². The zero-order valence-corrected chi connectivity index (χ0v) is 11.0. The number of carboxylic acid groups (broad SMARTS) is 1. The summed E-state index contributed by atoms with van der Waals surface area (Å²) >= 11 is 1.47. The third-order valence-electron chi connectivity index (χ3n) is 2.75. The van der Waals surface area contributed by atoms with Crippen LogP contribution in [0.15, 0.2) is 47.8 Å². The van der Waals surface area contributed by atoms with Gasteiger partial charge in [0.15, 0.2) is 5.69 Å². The van der Waals surface area contributed by atoms with Crippen molar-refractivity contribution in [2.45, 2.75) is 0 Å². The van der Waals surface area contributed by atoms with E-state index in [9.17, 15) is 9.18 Å². The molecule has 0 spiro atoms. The van der Waals surface area contributed by atoms with Crippen LogP contribution < -0.4 is 0 Å². The maximum atomic E-state index is 13.3. The Morgan fingerprint density at radius 1 is 1.25 bits per heavy atom. The highest BCUT2D eigenvalue weighted by molar-refractivity contribution is 7.13. The number of thiophene rings is 1. The lowest BCUT2D eigenvalue weighted by Crippen LogP contribution is -2.02. The molecule has 4 nitrogen and oxygen atoms in total. The highest BCUT2D eigenvalue weighted by Gasteiger charge is 2.16. The van der Waals surface area contributed by atoms with Crippen LogP contribution in [0.5, 0.6) is 0 Å². The Morgan fingerprint density at radius 3 is 2.75 bits per heavy atom. The Balaban J connectivity index is 2.21. The van der Waals surface area contributed by atoms with Crippen molar-refractivity contribution >= 4 is 17.3 Å². The van der Waals surface area contributed by atoms with Gasteiger partial charge >= 0.3 is 5.97 Å². The normalized spacial score (nSPS) is 10.7. The third kappa shape index (κ3) is 2.21. The summed E-state index contributed by atoms with van der Waals surface area (Å²) in [5, 5.41) is 15.0. The fourth-order valence-corrected chi connectivity index (χ4v) is 2.62. The van der Waals surface area contributed by atoms with E-state index >= 15 is 0 Å². The predicted octanol–water partition coefficient (Wildman–Crippen LogP) is 3.44.